The first-order chi connectivity index (χ1) is 6.35. The molecule has 0 bridgehead atoms. The third kappa shape index (κ3) is 1.25. The number of rotatable bonds is 2. The Bertz CT molecular complexity index is 422. The minimum absolute atomic E-state index is 0.136. The highest BCUT2D eigenvalue weighted by atomic mass is 16.5. The molecule has 0 fully saturated rings. The Morgan fingerprint density at radius 3 is 3.08 bits per heavy atom. The van der Waals surface area contributed by atoms with E-state index in [-0.39, 0.29) is 6.61 Å². The zero-order valence-electron chi connectivity index (χ0n) is 7.15. The normalized spacial score (nSPS) is 10.6. The number of nitrogens with zero attached hydrogens (tertiary/aromatic N) is 1. The predicted octanol–water partition coefficient (Wildman–Crippen LogP) is 1.33. The molecule has 0 atom stereocenters. The Hall–Kier alpha value is -1.55. The summed E-state index contributed by atoms with van der Waals surface area (Å²) in [6.07, 6.45) is 0. The highest BCUT2D eigenvalue weighted by molar-refractivity contribution is 5.81. The molecule has 13 heavy (non-hydrogen) atoms. The van der Waals surface area contributed by atoms with Crippen molar-refractivity contribution in [3.05, 3.63) is 24.0 Å². The highest BCUT2D eigenvalue weighted by Gasteiger charge is 2.07. The van der Waals surface area contributed by atoms with Crippen LogP contribution >= 0.6 is 0 Å². The smallest absolute Gasteiger partial charge is 0.169 e. The summed E-state index contributed by atoms with van der Waals surface area (Å²) in [7, 11) is 1.59. The van der Waals surface area contributed by atoms with Crippen molar-refractivity contribution in [3.63, 3.8) is 0 Å². The first kappa shape index (κ1) is 8.07. The molecule has 0 radical (unpaired) electrons. The van der Waals surface area contributed by atoms with Crippen LogP contribution in [-0.2, 0) is 6.61 Å². The molecule has 0 aliphatic rings. The lowest BCUT2D eigenvalue weighted by Crippen LogP contribution is -1.82. The molecule has 0 saturated heterocycles. The number of hydrogen-bond acceptors (Lipinski definition) is 4. The van der Waals surface area contributed by atoms with Crippen LogP contribution in [0, 0.1) is 0 Å². The lowest BCUT2D eigenvalue weighted by Gasteiger charge is -1.96. The molecule has 1 N–H and O–H groups in total. The van der Waals surface area contributed by atoms with Crippen molar-refractivity contribution < 1.29 is 14.4 Å². The molecule has 2 rings (SSSR count). The number of benzene rings is 1. The van der Waals surface area contributed by atoms with Crippen LogP contribution in [-0.4, -0.2) is 17.4 Å². The van der Waals surface area contributed by atoms with Gasteiger partial charge in [-0.1, -0.05) is 5.16 Å². The van der Waals surface area contributed by atoms with E-state index in [1.54, 1.807) is 19.2 Å². The Balaban J connectivity index is 2.61. The molecule has 0 spiro atoms. The molecular weight excluding hydrogens is 170 g/mol. The van der Waals surface area contributed by atoms with Crippen LogP contribution in [0.5, 0.6) is 5.75 Å². The van der Waals surface area contributed by atoms with Gasteiger partial charge in [0.25, 0.3) is 0 Å². The van der Waals surface area contributed by atoms with E-state index in [0.29, 0.717) is 11.3 Å². The number of methoxy groups -OCH3 is 1. The molecule has 2 aromatic rings. The van der Waals surface area contributed by atoms with Gasteiger partial charge in [-0.25, -0.2) is 0 Å². The molecule has 4 heteroatoms. The Kier molecular flexibility index (Phi) is 1.90. The number of aliphatic hydroxyl groups excluding tert-OH is 1. The molecule has 1 heterocycles. The quantitative estimate of drug-likeness (QED) is 0.755. The van der Waals surface area contributed by atoms with Gasteiger partial charge in [-0.15, -0.1) is 0 Å². The van der Waals surface area contributed by atoms with Crippen molar-refractivity contribution in [1.29, 1.82) is 0 Å². The summed E-state index contributed by atoms with van der Waals surface area (Å²) in [6, 6.07) is 5.38. The minimum Gasteiger partial charge on any atom is -0.497 e. The Morgan fingerprint density at radius 1 is 1.54 bits per heavy atom. The summed E-state index contributed by atoms with van der Waals surface area (Å²) in [6.45, 7) is -0.136. The summed E-state index contributed by atoms with van der Waals surface area (Å²) >= 11 is 0. The minimum atomic E-state index is -0.136. The van der Waals surface area contributed by atoms with Gasteiger partial charge in [0.15, 0.2) is 5.76 Å². The van der Waals surface area contributed by atoms with E-state index < -0.39 is 0 Å². The fourth-order valence-corrected chi connectivity index (χ4v) is 1.22. The van der Waals surface area contributed by atoms with Crippen LogP contribution in [0.3, 0.4) is 0 Å². The van der Waals surface area contributed by atoms with Crippen molar-refractivity contribution in [3.8, 4) is 5.75 Å². The van der Waals surface area contributed by atoms with Gasteiger partial charge in [-0.3, -0.25) is 0 Å². The SMILES string of the molecule is COc1ccc2c(CO)onc2c1. The molecule has 4 nitrogen and oxygen atoms in total. The van der Waals surface area contributed by atoms with E-state index in [0.717, 1.165) is 11.1 Å². The van der Waals surface area contributed by atoms with Crippen LogP contribution < -0.4 is 4.74 Å². The maximum absolute atomic E-state index is 8.89. The average Bonchev–Trinajstić information content (AvgIpc) is 2.59. The van der Waals surface area contributed by atoms with Crippen LogP contribution in [0.4, 0.5) is 0 Å². The summed E-state index contributed by atoms with van der Waals surface area (Å²) < 4.78 is 9.93. The third-order valence-corrected chi connectivity index (χ3v) is 1.90. The van der Waals surface area contributed by atoms with E-state index in [2.05, 4.69) is 5.16 Å². The predicted molar refractivity (Wildman–Crippen MR) is 46.5 cm³/mol. The lowest BCUT2D eigenvalue weighted by atomic mass is 10.2. The second-order valence-corrected chi connectivity index (χ2v) is 2.65. The highest BCUT2D eigenvalue weighted by Crippen LogP contribution is 2.22. The summed E-state index contributed by atoms with van der Waals surface area (Å²) in [5, 5.41) is 13.5. The maximum Gasteiger partial charge on any atom is 0.169 e. The van der Waals surface area contributed by atoms with Gasteiger partial charge in [0, 0.05) is 11.5 Å². The standard InChI is InChI=1S/C9H9NO3/c1-12-6-2-3-7-8(4-6)10-13-9(7)5-11/h2-4,11H,5H2,1H3. The van der Waals surface area contributed by atoms with Crippen molar-refractivity contribution >= 4 is 10.9 Å². The van der Waals surface area contributed by atoms with E-state index in [9.17, 15) is 0 Å². The fourth-order valence-electron chi connectivity index (χ4n) is 1.22. The molecule has 0 saturated carbocycles. The van der Waals surface area contributed by atoms with E-state index >= 15 is 0 Å². The molecule has 1 aromatic heterocycles. The topological polar surface area (TPSA) is 55.5 Å². The van der Waals surface area contributed by atoms with Gasteiger partial charge in [0.1, 0.15) is 17.9 Å². The Morgan fingerprint density at radius 2 is 2.38 bits per heavy atom. The average molecular weight is 179 g/mol. The van der Waals surface area contributed by atoms with Crippen LogP contribution in [0.15, 0.2) is 22.7 Å². The maximum atomic E-state index is 8.89. The summed E-state index contributed by atoms with van der Waals surface area (Å²) in [4.78, 5) is 0. The second-order valence-electron chi connectivity index (χ2n) is 2.65. The first-order valence-electron chi connectivity index (χ1n) is 3.88. The van der Waals surface area contributed by atoms with E-state index in [1.165, 1.54) is 0 Å². The van der Waals surface area contributed by atoms with Crippen LogP contribution in [0.25, 0.3) is 10.9 Å². The molecule has 0 unspecified atom stereocenters. The first-order valence-corrected chi connectivity index (χ1v) is 3.88. The number of fused-ring (bicyclic) bond motifs is 1. The van der Waals surface area contributed by atoms with Gasteiger partial charge in [-0.05, 0) is 12.1 Å². The molecular formula is C9H9NO3. The van der Waals surface area contributed by atoms with Gasteiger partial charge in [-0.2, -0.15) is 0 Å². The largest absolute Gasteiger partial charge is 0.497 e. The molecule has 0 aliphatic heterocycles. The zero-order chi connectivity index (χ0) is 9.26. The zero-order valence-corrected chi connectivity index (χ0v) is 7.15. The van der Waals surface area contributed by atoms with Crippen molar-refractivity contribution in [2.75, 3.05) is 7.11 Å². The number of aromatic nitrogens is 1. The van der Waals surface area contributed by atoms with Crippen molar-refractivity contribution in [2.45, 2.75) is 6.61 Å². The van der Waals surface area contributed by atoms with Gasteiger partial charge < -0.3 is 14.4 Å². The van der Waals surface area contributed by atoms with Crippen LogP contribution in [0.2, 0.25) is 0 Å². The van der Waals surface area contributed by atoms with Crippen molar-refractivity contribution in [1.82, 2.24) is 5.16 Å². The number of aliphatic hydroxyl groups is 1. The molecule has 0 aliphatic carbocycles. The summed E-state index contributed by atoms with van der Waals surface area (Å²) in [5.74, 6) is 1.21. The number of ether oxygens (including phenoxy) is 1. The van der Waals surface area contributed by atoms with Gasteiger partial charge in [0.2, 0.25) is 0 Å². The number of hydrogen-bond donors (Lipinski definition) is 1. The van der Waals surface area contributed by atoms with Crippen molar-refractivity contribution in [2.24, 2.45) is 0 Å². The van der Waals surface area contributed by atoms with E-state index in [1.807, 2.05) is 6.07 Å². The summed E-state index contributed by atoms with van der Waals surface area (Å²) in [5.41, 5.74) is 0.698. The monoisotopic (exact) mass is 179 g/mol. The molecule has 0 amide bonds. The van der Waals surface area contributed by atoms with Gasteiger partial charge >= 0.3 is 0 Å². The molecule has 68 valence electrons. The Labute approximate surface area is 74.7 Å². The second kappa shape index (κ2) is 3.06. The molecule has 1 aromatic carbocycles. The lowest BCUT2D eigenvalue weighted by molar-refractivity contribution is 0.232. The van der Waals surface area contributed by atoms with E-state index in [4.69, 9.17) is 14.4 Å². The van der Waals surface area contributed by atoms with Crippen LogP contribution in [0.1, 0.15) is 5.76 Å². The van der Waals surface area contributed by atoms with Gasteiger partial charge in [0.05, 0.1) is 7.11 Å². The third-order valence-electron chi connectivity index (χ3n) is 1.90. The fraction of sp³-hybridized carbons (Fsp3) is 0.222.